The first-order valence-corrected chi connectivity index (χ1v) is 7.79. The highest BCUT2D eigenvalue weighted by molar-refractivity contribution is 5.77. The van der Waals surface area contributed by atoms with Crippen LogP contribution in [-0.2, 0) is 13.1 Å². The van der Waals surface area contributed by atoms with Gasteiger partial charge in [-0.3, -0.25) is 4.57 Å². The predicted molar refractivity (Wildman–Crippen MR) is 81.5 cm³/mol. The zero-order valence-electron chi connectivity index (χ0n) is 12.8. The van der Waals surface area contributed by atoms with Crippen LogP contribution in [0.3, 0.4) is 0 Å². The number of anilines is 1. The average Bonchev–Trinajstić information content (AvgIpc) is 3.10. The van der Waals surface area contributed by atoms with Gasteiger partial charge in [0.1, 0.15) is 5.52 Å². The van der Waals surface area contributed by atoms with Gasteiger partial charge in [-0.25, -0.2) is 9.67 Å². The van der Waals surface area contributed by atoms with E-state index in [1.54, 1.807) is 0 Å². The topological polar surface area (TPSA) is 61.7 Å². The number of fused-ring (bicyclic) bond motifs is 1. The fourth-order valence-electron chi connectivity index (χ4n) is 3.70. The average molecular weight is 275 g/mol. The molecule has 2 heterocycles. The number of nitrogens with zero attached hydrogens (tertiary/aromatic N) is 4. The third-order valence-corrected chi connectivity index (χ3v) is 5.04. The number of aromatic nitrogens is 4. The molecule has 1 saturated carbocycles. The first-order chi connectivity index (χ1) is 9.60. The number of hydrogen-bond acceptors (Lipinski definition) is 3. The van der Waals surface area contributed by atoms with E-state index in [1.165, 1.54) is 32.1 Å². The Labute approximate surface area is 120 Å². The van der Waals surface area contributed by atoms with E-state index in [1.807, 2.05) is 11.6 Å². The van der Waals surface area contributed by atoms with Gasteiger partial charge < -0.3 is 5.73 Å². The van der Waals surface area contributed by atoms with Crippen molar-refractivity contribution in [3.8, 4) is 0 Å². The van der Waals surface area contributed by atoms with Crippen molar-refractivity contribution in [1.29, 1.82) is 0 Å². The molecule has 5 nitrogen and oxygen atoms in total. The minimum absolute atomic E-state index is 0.401. The van der Waals surface area contributed by atoms with Crippen molar-refractivity contribution in [3.05, 3.63) is 5.69 Å². The zero-order valence-corrected chi connectivity index (χ0v) is 12.8. The van der Waals surface area contributed by atoms with Crippen molar-refractivity contribution in [2.45, 2.75) is 66.0 Å². The summed E-state index contributed by atoms with van der Waals surface area (Å²) in [6.45, 7) is 8.27. The monoisotopic (exact) mass is 275 g/mol. The van der Waals surface area contributed by atoms with Crippen LogP contribution in [0.2, 0.25) is 0 Å². The number of hydrogen-bond donors (Lipinski definition) is 1. The van der Waals surface area contributed by atoms with Gasteiger partial charge in [-0.1, -0.05) is 19.8 Å². The Kier molecular flexibility index (Phi) is 3.22. The van der Waals surface area contributed by atoms with E-state index in [0.717, 1.165) is 29.9 Å². The van der Waals surface area contributed by atoms with E-state index in [2.05, 4.69) is 28.5 Å². The first-order valence-electron chi connectivity index (χ1n) is 7.79. The van der Waals surface area contributed by atoms with E-state index >= 15 is 0 Å². The Morgan fingerprint density at radius 3 is 2.55 bits per heavy atom. The van der Waals surface area contributed by atoms with Gasteiger partial charge in [0.15, 0.2) is 5.65 Å². The molecule has 110 valence electrons. The van der Waals surface area contributed by atoms with Crippen LogP contribution in [0.15, 0.2) is 0 Å². The summed E-state index contributed by atoms with van der Waals surface area (Å²) >= 11 is 0. The molecule has 0 spiro atoms. The van der Waals surface area contributed by atoms with E-state index in [9.17, 15) is 0 Å². The normalized spacial score (nSPS) is 18.1. The lowest BCUT2D eigenvalue weighted by Crippen LogP contribution is -2.24. The maximum Gasteiger partial charge on any atom is 0.202 e. The van der Waals surface area contributed by atoms with Crippen molar-refractivity contribution in [2.24, 2.45) is 5.41 Å². The number of imidazole rings is 1. The number of rotatable bonds is 4. The molecule has 20 heavy (non-hydrogen) atoms. The molecule has 0 aromatic carbocycles. The molecule has 5 heteroatoms. The summed E-state index contributed by atoms with van der Waals surface area (Å²) in [5.41, 5.74) is 9.64. The van der Waals surface area contributed by atoms with Gasteiger partial charge in [0.05, 0.1) is 5.69 Å². The van der Waals surface area contributed by atoms with Crippen LogP contribution in [0, 0.1) is 12.3 Å². The summed E-state index contributed by atoms with van der Waals surface area (Å²) in [7, 11) is 0. The molecular weight excluding hydrogens is 250 g/mol. The summed E-state index contributed by atoms with van der Waals surface area (Å²) < 4.78 is 4.24. The molecule has 0 aliphatic heterocycles. The maximum absolute atomic E-state index is 6.19. The number of nitrogens with two attached hydrogens (primary N) is 1. The van der Waals surface area contributed by atoms with Crippen LogP contribution in [0.5, 0.6) is 0 Å². The molecule has 1 aliphatic carbocycles. The van der Waals surface area contributed by atoms with Crippen molar-refractivity contribution >= 4 is 17.1 Å². The molecule has 0 saturated heterocycles. The lowest BCUT2D eigenvalue weighted by molar-refractivity contribution is 0.241. The van der Waals surface area contributed by atoms with Gasteiger partial charge in [0.25, 0.3) is 0 Å². The van der Waals surface area contributed by atoms with Gasteiger partial charge in [-0.2, -0.15) is 5.10 Å². The van der Waals surface area contributed by atoms with Crippen LogP contribution in [0.1, 0.15) is 51.6 Å². The fourth-order valence-corrected chi connectivity index (χ4v) is 3.70. The second kappa shape index (κ2) is 4.79. The highest BCUT2D eigenvalue weighted by Crippen LogP contribution is 2.43. The summed E-state index contributed by atoms with van der Waals surface area (Å²) in [6, 6.07) is 0. The Morgan fingerprint density at radius 1 is 1.25 bits per heavy atom. The SMILES string of the molecule is CCn1nc(C)c2nc(N)n(CC3(CC)CCCC3)c21. The summed E-state index contributed by atoms with van der Waals surface area (Å²) in [5.74, 6) is 0.641. The van der Waals surface area contributed by atoms with E-state index < -0.39 is 0 Å². The molecule has 2 N–H and O–H groups in total. The van der Waals surface area contributed by atoms with Crippen LogP contribution in [0.25, 0.3) is 11.2 Å². The smallest absolute Gasteiger partial charge is 0.202 e. The first kappa shape index (κ1) is 13.5. The highest BCUT2D eigenvalue weighted by Gasteiger charge is 2.34. The van der Waals surface area contributed by atoms with Crippen molar-refractivity contribution < 1.29 is 0 Å². The Balaban J connectivity index is 2.08. The van der Waals surface area contributed by atoms with E-state index in [-0.39, 0.29) is 0 Å². The zero-order chi connectivity index (χ0) is 14.3. The maximum atomic E-state index is 6.19. The largest absolute Gasteiger partial charge is 0.369 e. The molecule has 1 fully saturated rings. The lowest BCUT2D eigenvalue weighted by Gasteiger charge is -2.28. The van der Waals surface area contributed by atoms with Crippen LogP contribution in [-0.4, -0.2) is 19.3 Å². The summed E-state index contributed by atoms with van der Waals surface area (Å²) in [4.78, 5) is 4.55. The predicted octanol–water partition coefficient (Wildman–Crippen LogP) is 3.11. The van der Waals surface area contributed by atoms with Gasteiger partial charge in [0, 0.05) is 13.1 Å². The van der Waals surface area contributed by atoms with Crippen LogP contribution >= 0.6 is 0 Å². The Bertz CT molecular complexity index is 616. The standard InChI is InChI=1S/C15H25N5/c1-4-15(8-6-7-9-15)10-19-13-12(17-14(19)16)11(3)18-20(13)5-2/h4-10H2,1-3H3,(H2,16,17). The van der Waals surface area contributed by atoms with Gasteiger partial charge in [-0.05, 0) is 38.5 Å². The second-order valence-electron chi connectivity index (χ2n) is 6.19. The molecule has 2 aromatic rings. The third-order valence-electron chi connectivity index (χ3n) is 5.04. The number of aryl methyl sites for hydroxylation is 2. The lowest BCUT2D eigenvalue weighted by atomic mass is 9.83. The molecule has 0 atom stereocenters. The Hall–Kier alpha value is -1.52. The second-order valence-corrected chi connectivity index (χ2v) is 6.19. The molecule has 2 aromatic heterocycles. The summed E-state index contributed by atoms with van der Waals surface area (Å²) in [6.07, 6.45) is 6.52. The molecule has 0 bridgehead atoms. The fraction of sp³-hybridized carbons (Fsp3) is 0.733. The number of nitrogen functional groups attached to an aromatic ring is 1. The molecule has 0 radical (unpaired) electrons. The summed E-state index contributed by atoms with van der Waals surface area (Å²) in [5, 5.41) is 4.57. The van der Waals surface area contributed by atoms with Crippen molar-refractivity contribution in [2.75, 3.05) is 5.73 Å². The molecule has 0 amide bonds. The van der Waals surface area contributed by atoms with E-state index in [0.29, 0.717) is 11.4 Å². The van der Waals surface area contributed by atoms with Gasteiger partial charge in [0.2, 0.25) is 5.95 Å². The quantitative estimate of drug-likeness (QED) is 0.932. The molecule has 1 aliphatic rings. The molecule has 0 unspecified atom stereocenters. The van der Waals surface area contributed by atoms with Gasteiger partial charge >= 0.3 is 0 Å². The molecule has 3 rings (SSSR count). The third kappa shape index (κ3) is 1.91. The highest BCUT2D eigenvalue weighted by atomic mass is 15.4. The van der Waals surface area contributed by atoms with Crippen LogP contribution in [0.4, 0.5) is 5.95 Å². The van der Waals surface area contributed by atoms with Crippen molar-refractivity contribution in [3.63, 3.8) is 0 Å². The molecular formula is C15H25N5. The van der Waals surface area contributed by atoms with Crippen LogP contribution < -0.4 is 5.73 Å². The Morgan fingerprint density at radius 2 is 1.95 bits per heavy atom. The van der Waals surface area contributed by atoms with E-state index in [4.69, 9.17) is 5.73 Å². The minimum Gasteiger partial charge on any atom is -0.369 e. The van der Waals surface area contributed by atoms with Crippen molar-refractivity contribution in [1.82, 2.24) is 19.3 Å². The van der Waals surface area contributed by atoms with Gasteiger partial charge in [-0.15, -0.1) is 0 Å². The minimum atomic E-state index is 0.401.